The fourth-order valence-corrected chi connectivity index (χ4v) is 5.74. The van der Waals surface area contributed by atoms with Crippen LogP contribution in [-0.4, -0.2) is 46.2 Å². The van der Waals surface area contributed by atoms with E-state index in [0.717, 1.165) is 60.7 Å². The van der Waals surface area contributed by atoms with E-state index >= 15 is 0 Å². The lowest BCUT2D eigenvalue weighted by Gasteiger charge is -2.35. The molecule has 0 spiro atoms. The summed E-state index contributed by atoms with van der Waals surface area (Å²) in [7, 11) is 0. The van der Waals surface area contributed by atoms with Gasteiger partial charge >= 0.3 is 0 Å². The maximum Gasteiger partial charge on any atom is 0.141 e. The third kappa shape index (κ3) is 3.45. The van der Waals surface area contributed by atoms with Gasteiger partial charge in [0.15, 0.2) is 0 Å². The lowest BCUT2D eigenvalue weighted by Crippen LogP contribution is -2.46. The van der Waals surface area contributed by atoms with E-state index in [-0.39, 0.29) is 0 Å². The number of piperazine rings is 1. The Kier molecular flexibility index (Phi) is 4.85. The van der Waals surface area contributed by atoms with E-state index in [4.69, 9.17) is 14.5 Å². The SMILES string of the molecule is Cc1nc(N2CCN(Cc3c(C)noc3C)CC2)c2c(-c3cccs3)csc2n1. The van der Waals surface area contributed by atoms with Gasteiger partial charge in [-0.05, 0) is 32.2 Å². The molecule has 0 N–H and O–H groups in total. The molecule has 0 amide bonds. The van der Waals surface area contributed by atoms with Crippen LogP contribution in [0.3, 0.4) is 0 Å². The van der Waals surface area contributed by atoms with Gasteiger partial charge in [0.25, 0.3) is 0 Å². The minimum absolute atomic E-state index is 0.838. The molecule has 1 fully saturated rings. The summed E-state index contributed by atoms with van der Waals surface area (Å²) in [6.07, 6.45) is 0. The van der Waals surface area contributed by atoms with Crippen molar-refractivity contribution < 1.29 is 4.52 Å². The second kappa shape index (κ2) is 7.51. The van der Waals surface area contributed by atoms with Crippen molar-refractivity contribution in [3.05, 3.63) is 45.7 Å². The van der Waals surface area contributed by atoms with Crippen molar-refractivity contribution in [2.24, 2.45) is 0 Å². The van der Waals surface area contributed by atoms with E-state index in [0.29, 0.717) is 0 Å². The highest BCUT2D eigenvalue weighted by Crippen LogP contribution is 2.40. The summed E-state index contributed by atoms with van der Waals surface area (Å²) in [6.45, 7) is 10.8. The second-order valence-corrected chi connectivity index (χ2v) is 9.27. The Labute approximate surface area is 177 Å². The molecule has 0 aliphatic carbocycles. The lowest BCUT2D eigenvalue weighted by molar-refractivity contribution is 0.247. The minimum atomic E-state index is 0.838. The van der Waals surface area contributed by atoms with E-state index < -0.39 is 0 Å². The van der Waals surface area contributed by atoms with Crippen LogP contribution in [0.25, 0.3) is 20.7 Å². The maximum absolute atomic E-state index is 5.33. The van der Waals surface area contributed by atoms with Crippen molar-refractivity contribution in [3.63, 3.8) is 0 Å². The van der Waals surface area contributed by atoms with E-state index in [1.54, 1.807) is 22.7 Å². The van der Waals surface area contributed by atoms with Gasteiger partial charge in [-0.25, -0.2) is 9.97 Å². The summed E-state index contributed by atoms with van der Waals surface area (Å²) in [4.78, 5) is 16.8. The fourth-order valence-electron chi connectivity index (χ4n) is 3.94. The van der Waals surface area contributed by atoms with Crippen molar-refractivity contribution in [1.29, 1.82) is 0 Å². The molecule has 0 saturated carbocycles. The Bertz CT molecular complexity index is 1120. The molecular weight excluding hydrogens is 402 g/mol. The Hall–Kier alpha value is -2.29. The molecule has 0 radical (unpaired) electrons. The highest BCUT2D eigenvalue weighted by Gasteiger charge is 2.24. The Morgan fingerprint density at radius 1 is 1.07 bits per heavy atom. The summed E-state index contributed by atoms with van der Waals surface area (Å²) >= 11 is 3.48. The number of anilines is 1. The van der Waals surface area contributed by atoms with Crippen LogP contribution in [0.2, 0.25) is 0 Å². The summed E-state index contributed by atoms with van der Waals surface area (Å²) < 4.78 is 5.33. The Morgan fingerprint density at radius 3 is 2.59 bits per heavy atom. The van der Waals surface area contributed by atoms with Crippen LogP contribution < -0.4 is 4.90 Å². The van der Waals surface area contributed by atoms with Gasteiger partial charge in [0.2, 0.25) is 0 Å². The van der Waals surface area contributed by atoms with Crippen LogP contribution in [0.4, 0.5) is 5.82 Å². The normalized spacial score (nSPS) is 15.5. The van der Waals surface area contributed by atoms with Gasteiger partial charge in [0, 0.05) is 54.1 Å². The first-order valence-electron chi connectivity index (χ1n) is 9.79. The molecule has 8 heteroatoms. The monoisotopic (exact) mass is 425 g/mol. The van der Waals surface area contributed by atoms with E-state index in [1.807, 2.05) is 20.8 Å². The number of thiophene rings is 2. The number of rotatable bonds is 4. The van der Waals surface area contributed by atoms with Crippen LogP contribution >= 0.6 is 22.7 Å². The highest BCUT2D eigenvalue weighted by molar-refractivity contribution is 7.18. The zero-order valence-electron chi connectivity index (χ0n) is 16.8. The zero-order chi connectivity index (χ0) is 20.0. The zero-order valence-corrected chi connectivity index (χ0v) is 18.4. The smallest absolute Gasteiger partial charge is 0.141 e. The number of hydrogen-bond acceptors (Lipinski definition) is 8. The summed E-state index contributed by atoms with van der Waals surface area (Å²) in [6, 6.07) is 4.28. The average molecular weight is 426 g/mol. The lowest BCUT2D eigenvalue weighted by atomic mass is 10.1. The Balaban J connectivity index is 1.41. The number of aryl methyl sites for hydroxylation is 3. The van der Waals surface area contributed by atoms with Crippen LogP contribution in [0.15, 0.2) is 27.4 Å². The van der Waals surface area contributed by atoms with Crippen LogP contribution in [0.5, 0.6) is 0 Å². The third-order valence-electron chi connectivity index (χ3n) is 5.55. The molecule has 6 nitrogen and oxygen atoms in total. The molecule has 29 heavy (non-hydrogen) atoms. The molecule has 1 aliphatic rings. The molecule has 0 unspecified atom stereocenters. The van der Waals surface area contributed by atoms with Crippen molar-refractivity contribution in [3.8, 4) is 10.4 Å². The van der Waals surface area contributed by atoms with Gasteiger partial charge in [0.1, 0.15) is 22.2 Å². The summed E-state index contributed by atoms with van der Waals surface area (Å²) in [5, 5.41) is 9.64. The summed E-state index contributed by atoms with van der Waals surface area (Å²) in [5.74, 6) is 2.84. The first kappa shape index (κ1) is 18.7. The van der Waals surface area contributed by atoms with Crippen molar-refractivity contribution in [2.45, 2.75) is 27.3 Å². The standard InChI is InChI=1S/C21H23N5OS2/c1-13-16(14(2)27-24-13)11-25-6-8-26(9-7-25)20-19-17(18-5-4-10-28-18)12-29-21(19)23-15(3)22-20/h4-5,10,12H,6-9,11H2,1-3H3. The number of fused-ring (bicyclic) bond motifs is 1. The quantitative estimate of drug-likeness (QED) is 0.474. The first-order valence-corrected chi connectivity index (χ1v) is 11.5. The maximum atomic E-state index is 5.33. The molecule has 4 aromatic rings. The predicted molar refractivity (Wildman–Crippen MR) is 119 cm³/mol. The molecule has 150 valence electrons. The molecule has 1 saturated heterocycles. The van der Waals surface area contributed by atoms with Crippen LogP contribution in [0.1, 0.15) is 22.8 Å². The molecule has 0 atom stereocenters. The number of aromatic nitrogens is 3. The van der Waals surface area contributed by atoms with Crippen molar-refractivity contribution in [1.82, 2.24) is 20.0 Å². The molecule has 5 rings (SSSR count). The molecule has 1 aliphatic heterocycles. The van der Waals surface area contributed by atoms with Gasteiger partial charge in [-0.3, -0.25) is 4.90 Å². The van der Waals surface area contributed by atoms with Crippen molar-refractivity contribution in [2.75, 3.05) is 31.1 Å². The van der Waals surface area contributed by atoms with Crippen molar-refractivity contribution >= 4 is 38.7 Å². The van der Waals surface area contributed by atoms with E-state index in [9.17, 15) is 0 Å². The number of hydrogen-bond donors (Lipinski definition) is 0. The fraction of sp³-hybridized carbons (Fsp3) is 0.381. The Morgan fingerprint density at radius 2 is 1.90 bits per heavy atom. The van der Waals surface area contributed by atoms with E-state index in [1.165, 1.54) is 21.4 Å². The van der Waals surface area contributed by atoms with Gasteiger partial charge in [-0.1, -0.05) is 11.2 Å². The first-order chi connectivity index (χ1) is 14.1. The topological polar surface area (TPSA) is 58.3 Å². The predicted octanol–water partition coefficient (Wildman–Crippen LogP) is 4.66. The average Bonchev–Trinajstić information content (AvgIpc) is 3.45. The molecule has 0 bridgehead atoms. The molecule has 4 aromatic heterocycles. The van der Waals surface area contributed by atoms with Crippen LogP contribution in [-0.2, 0) is 6.54 Å². The number of nitrogens with zero attached hydrogens (tertiary/aromatic N) is 5. The largest absolute Gasteiger partial charge is 0.361 e. The second-order valence-electron chi connectivity index (χ2n) is 7.47. The third-order valence-corrected chi connectivity index (χ3v) is 7.32. The highest BCUT2D eigenvalue weighted by atomic mass is 32.1. The van der Waals surface area contributed by atoms with Crippen LogP contribution in [0, 0.1) is 20.8 Å². The molecular formula is C21H23N5OS2. The van der Waals surface area contributed by atoms with Gasteiger partial charge in [-0.2, -0.15) is 0 Å². The molecule has 5 heterocycles. The van der Waals surface area contributed by atoms with Gasteiger partial charge < -0.3 is 9.42 Å². The van der Waals surface area contributed by atoms with Gasteiger partial charge in [-0.15, -0.1) is 22.7 Å². The molecule has 0 aromatic carbocycles. The van der Waals surface area contributed by atoms with E-state index in [2.05, 4.69) is 37.8 Å². The minimum Gasteiger partial charge on any atom is -0.361 e. The summed E-state index contributed by atoms with van der Waals surface area (Å²) in [5.41, 5.74) is 3.47. The van der Waals surface area contributed by atoms with Gasteiger partial charge in [0.05, 0.1) is 11.1 Å².